The van der Waals surface area contributed by atoms with Gasteiger partial charge in [0.2, 0.25) is 0 Å². The van der Waals surface area contributed by atoms with E-state index >= 15 is 0 Å². The Balaban J connectivity index is 1.60. The maximum absolute atomic E-state index is 4.60. The van der Waals surface area contributed by atoms with Crippen molar-refractivity contribution in [2.75, 3.05) is 6.54 Å². The van der Waals surface area contributed by atoms with Gasteiger partial charge in [0.05, 0.1) is 17.6 Å². The maximum atomic E-state index is 4.60. The molecule has 5 nitrogen and oxygen atoms in total. The Bertz CT molecular complexity index is 721. The number of thiazole rings is 1. The Morgan fingerprint density at radius 3 is 2.90 bits per heavy atom. The van der Waals surface area contributed by atoms with Crippen LogP contribution >= 0.6 is 11.3 Å². The zero-order chi connectivity index (χ0) is 14.1. The molecule has 0 atom stereocenters. The van der Waals surface area contributed by atoms with Gasteiger partial charge in [-0.25, -0.2) is 4.98 Å². The van der Waals surface area contributed by atoms with Gasteiger partial charge in [0.25, 0.3) is 0 Å². The van der Waals surface area contributed by atoms with Gasteiger partial charge in [-0.2, -0.15) is 5.10 Å². The highest BCUT2D eigenvalue weighted by Gasteiger charge is 2.10. The van der Waals surface area contributed by atoms with E-state index in [2.05, 4.69) is 46.0 Å². The summed E-state index contributed by atoms with van der Waals surface area (Å²) < 4.78 is 4.04. The molecule has 0 aliphatic heterocycles. The third-order valence-electron chi connectivity index (χ3n) is 3.38. The van der Waals surface area contributed by atoms with Gasteiger partial charge in [0.15, 0.2) is 4.96 Å². The van der Waals surface area contributed by atoms with E-state index < -0.39 is 0 Å². The van der Waals surface area contributed by atoms with Crippen LogP contribution in [0.25, 0.3) is 4.96 Å². The number of aryl methyl sites for hydroxylation is 3. The lowest BCUT2D eigenvalue weighted by Crippen LogP contribution is -2.18. The lowest BCUT2D eigenvalue weighted by atomic mass is 10.2. The number of hydrogen-bond donors (Lipinski definition) is 1. The topological polar surface area (TPSA) is 47.1 Å². The van der Waals surface area contributed by atoms with Gasteiger partial charge in [0, 0.05) is 30.9 Å². The first kappa shape index (κ1) is 13.3. The van der Waals surface area contributed by atoms with Crippen LogP contribution in [-0.4, -0.2) is 25.7 Å². The second kappa shape index (κ2) is 5.38. The Morgan fingerprint density at radius 1 is 1.30 bits per heavy atom. The lowest BCUT2D eigenvalue weighted by molar-refractivity contribution is 0.668. The molecule has 0 bridgehead atoms. The molecule has 0 spiro atoms. The van der Waals surface area contributed by atoms with Gasteiger partial charge in [-0.05, 0) is 32.4 Å². The molecular weight excluding hydrogens is 270 g/mol. The van der Waals surface area contributed by atoms with E-state index in [-0.39, 0.29) is 0 Å². The first-order chi connectivity index (χ1) is 9.63. The van der Waals surface area contributed by atoms with Crippen LogP contribution in [0.3, 0.4) is 0 Å². The van der Waals surface area contributed by atoms with Gasteiger partial charge in [-0.15, -0.1) is 11.3 Å². The molecule has 3 heterocycles. The van der Waals surface area contributed by atoms with E-state index in [1.54, 1.807) is 11.3 Å². The maximum Gasteiger partial charge on any atom is 0.194 e. The molecule has 20 heavy (non-hydrogen) atoms. The average molecular weight is 289 g/mol. The molecule has 0 radical (unpaired) electrons. The van der Waals surface area contributed by atoms with Crippen molar-refractivity contribution in [1.29, 1.82) is 0 Å². The van der Waals surface area contributed by atoms with Gasteiger partial charge in [0.1, 0.15) is 0 Å². The summed E-state index contributed by atoms with van der Waals surface area (Å²) in [5, 5.41) is 7.67. The Labute approximate surface area is 122 Å². The molecule has 3 aromatic heterocycles. The Kier molecular flexibility index (Phi) is 3.58. The number of fused-ring (bicyclic) bond motifs is 1. The second-order valence-electron chi connectivity index (χ2n) is 5.09. The van der Waals surface area contributed by atoms with Gasteiger partial charge in [-0.3, -0.25) is 9.08 Å². The minimum atomic E-state index is 0.851. The highest BCUT2D eigenvalue weighted by Crippen LogP contribution is 2.20. The summed E-state index contributed by atoms with van der Waals surface area (Å²) in [6, 6.07) is 0. The minimum absolute atomic E-state index is 0.851. The summed E-state index contributed by atoms with van der Waals surface area (Å²) in [5.74, 6) is 0. The van der Waals surface area contributed by atoms with Crippen LogP contribution in [0.15, 0.2) is 18.6 Å². The van der Waals surface area contributed by atoms with E-state index in [1.165, 1.54) is 16.1 Å². The van der Waals surface area contributed by atoms with Crippen LogP contribution in [0, 0.1) is 13.8 Å². The summed E-state index contributed by atoms with van der Waals surface area (Å²) in [6.45, 7) is 5.99. The molecule has 0 fully saturated rings. The quantitative estimate of drug-likeness (QED) is 0.732. The summed E-state index contributed by atoms with van der Waals surface area (Å²) in [7, 11) is 1.95. The van der Waals surface area contributed by atoms with E-state index in [0.717, 1.165) is 30.2 Å². The fraction of sp³-hybridized carbons (Fsp3) is 0.429. The molecule has 0 aliphatic carbocycles. The third kappa shape index (κ3) is 2.62. The highest BCUT2D eigenvalue weighted by molar-refractivity contribution is 7.17. The zero-order valence-electron chi connectivity index (χ0n) is 12.1. The van der Waals surface area contributed by atoms with Crippen LogP contribution in [0.4, 0.5) is 0 Å². The monoisotopic (exact) mass is 289 g/mol. The van der Waals surface area contributed by atoms with Gasteiger partial charge in [-0.1, -0.05) is 0 Å². The summed E-state index contributed by atoms with van der Waals surface area (Å²) in [4.78, 5) is 6.98. The predicted octanol–water partition coefficient (Wildman–Crippen LogP) is 2.08. The number of rotatable bonds is 5. The number of hydrogen-bond acceptors (Lipinski definition) is 4. The van der Waals surface area contributed by atoms with E-state index in [4.69, 9.17) is 0 Å². The molecule has 6 heteroatoms. The van der Waals surface area contributed by atoms with E-state index in [0.29, 0.717) is 0 Å². The first-order valence-electron chi connectivity index (χ1n) is 6.75. The van der Waals surface area contributed by atoms with Crippen LogP contribution in [-0.2, 0) is 20.0 Å². The molecule has 3 aromatic rings. The fourth-order valence-corrected chi connectivity index (χ4v) is 3.25. The van der Waals surface area contributed by atoms with Crippen molar-refractivity contribution in [2.45, 2.75) is 26.8 Å². The molecule has 0 saturated heterocycles. The molecule has 0 unspecified atom stereocenters. The number of imidazole rings is 1. The average Bonchev–Trinajstić information content (AvgIpc) is 3.02. The van der Waals surface area contributed by atoms with Crippen molar-refractivity contribution in [2.24, 2.45) is 7.05 Å². The van der Waals surface area contributed by atoms with Crippen LogP contribution in [0.5, 0.6) is 0 Å². The van der Waals surface area contributed by atoms with Crippen molar-refractivity contribution < 1.29 is 0 Å². The minimum Gasteiger partial charge on any atom is -0.311 e. The summed E-state index contributed by atoms with van der Waals surface area (Å²) in [6.07, 6.45) is 7.15. The SMILES string of the molecule is Cc1cn2c(CNCCc3cnn(C)c3)c(C)nc2s1. The molecule has 0 amide bonds. The van der Waals surface area contributed by atoms with Crippen LogP contribution < -0.4 is 5.32 Å². The van der Waals surface area contributed by atoms with Crippen molar-refractivity contribution >= 4 is 16.3 Å². The number of nitrogens with zero attached hydrogens (tertiary/aromatic N) is 4. The molecule has 0 aliphatic rings. The Morgan fingerprint density at radius 2 is 2.15 bits per heavy atom. The fourth-order valence-electron chi connectivity index (χ4n) is 2.36. The Hall–Kier alpha value is -1.66. The summed E-state index contributed by atoms with van der Waals surface area (Å²) in [5.41, 5.74) is 3.64. The largest absolute Gasteiger partial charge is 0.311 e. The third-order valence-corrected chi connectivity index (χ3v) is 4.28. The van der Waals surface area contributed by atoms with Gasteiger partial charge >= 0.3 is 0 Å². The lowest BCUT2D eigenvalue weighted by Gasteiger charge is -2.04. The molecule has 106 valence electrons. The first-order valence-corrected chi connectivity index (χ1v) is 7.57. The molecular formula is C14H19N5S. The molecule has 3 rings (SSSR count). The molecule has 0 saturated carbocycles. The molecule has 1 N–H and O–H groups in total. The highest BCUT2D eigenvalue weighted by atomic mass is 32.1. The number of nitrogens with one attached hydrogen (secondary N) is 1. The van der Waals surface area contributed by atoms with E-state index in [9.17, 15) is 0 Å². The predicted molar refractivity (Wildman–Crippen MR) is 81.2 cm³/mol. The zero-order valence-corrected chi connectivity index (χ0v) is 12.9. The normalized spacial score (nSPS) is 11.6. The standard InChI is InChI=1S/C14H19N5S/c1-10-8-19-13(11(2)17-14(19)20-10)7-15-5-4-12-6-16-18(3)9-12/h6,8-9,15H,4-5,7H2,1-3H3. The second-order valence-corrected chi connectivity index (χ2v) is 6.30. The summed E-state index contributed by atoms with van der Waals surface area (Å²) >= 11 is 1.74. The van der Waals surface area contributed by atoms with Crippen molar-refractivity contribution in [3.05, 3.63) is 40.4 Å². The van der Waals surface area contributed by atoms with Crippen molar-refractivity contribution in [3.63, 3.8) is 0 Å². The molecule has 0 aromatic carbocycles. The van der Waals surface area contributed by atoms with E-state index in [1.807, 2.05) is 17.9 Å². The number of aromatic nitrogens is 4. The van der Waals surface area contributed by atoms with Crippen molar-refractivity contribution in [3.8, 4) is 0 Å². The van der Waals surface area contributed by atoms with Crippen LogP contribution in [0.1, 0.15) is 21.8 Å². The van der Waals surface area contributed by atoms with Crippen LogP contribution in [0.2, 0.25) is 0 Å². The van der Waals surface area contributed by atoms with Gasteiger partial charge < -0.3 is 5.32 Å². The van der Waals surface area contributed by atoms with Crippen molar-refractivity contribution in [1.82, 2.24) is 24.5 Å². The smallest absolute Gasteiger partial charge is 0.194 e.